The molecule has 140 valence electrons. The van der Waals surface area contributed by atoms with Crippen molar-refractivity contribution >= 4 is 13.8 Å². The highest BCUT2D eigenvalue weighted by Gasteiger charge is 2.54. The van der Waals surface area contributed by atoms with Crippen LogP contribution in [0.2, 0.25) is 19.6 Å². The number of fused-ring (bicyclic) bond motifs is 5. The van der Waals surface area contributed by atoms with Crippen molar-refractivity contribution in [2.24, 2.45) is 17.8 Å². The van der Waals surface area contributed by atoms with Gasteiger partial charge in [-0.1, -0.05) is 83.8 Å². The number of hydrogen-bond donors (Lipinski definition) is 0. The quantitative estimate of drug-likeness (QED) is 0.569. The first kappa shape index (κ1) is 18.1. The third-order valence-corrected chi connectivity index (χ3v) is 8.01. The van der Waals surface area contributed by atoms with Crippen molar-refractivity contribution in [2.45, 2.75) is 64.7 Å². The van der Waals surface area contributed by atoms with E-state index < -0.39 is 8.07 Å². The van der Waals surface area contributed by atoms with Crippen molar-refractivity contribution in [2.75, 3.05) is 11.1 Å². The maximum Gasteiger partial charge on any atom is 0.0665 e. The van der Waals surface area contributed by atoms with Crippen LogP contribution in [0.15, 0.2) is 42.5 Å². The summed E-state index contributed by atoms with van der Waals surface area (Å²) in [7, 11) is -1.19. The molecule has 1 aromatic carbocycles. The number of benzene rings is 1. The molecule has 2 aliphatic carbocycles. The average molecular weight is 366 g/mol. The van der Waals surface area contributed by atoms with Crippen molar-refractivity contribution in [1.82, 2.24) is 0 Å². The summed E-state index contributed by atoms with van der Waals surface area (Å²) in [5.74, 6) is 2.74. The molecule has 0 bridgehead atoms. The zero-order valence-electron chi connectivity index (χ0n) is 17.6. The fourth-order valence-corrected chi connectivity index (χ4v) is 6.99. The van der Waals surface area contributed by atoms with Crippen LogP contribution in [0.25, 0.3) is 0 Å². The smallest absolute Gasteiger partial charge is 0.0665 e. The molecular weight excluding hydrogens is 330 g/mol. The number of hydrogen-bond acceptors (Lipinski definition) is 1. The molecule has 0 saturated heterocycles. The molecule has 1 aliphatic heterocycles. The molecule has 1 fully saturated rings. The Morgan fingerprint density at radius 1 is 1.00 bits per heavy atom. The first-order valence-corrected chi connectivity index (χ1v) is 14.0. The van der Waals surface area contributed by atoms with E-state index in [9.17, 15) is 0 Å². The SMILES string of the molecule is CC1C2C=CC=CC2C2c3cc(C(C)(C)C)ccc3N(C[Si](C)(C)C)C12. The first-order chi connectivity index (χ1) is 12.1. The second kappa shape index (κ2) is 5.86. The maximum atomic E-state index is 2.82. The zero-order chi connectivity index (χ0) is 18.9. The molecule has 0 aromatic heterocycles. The van der Waals surface area contributed by atoms with Crippen LogP contribution in [-0.4, -0.2) is 20.3 Å². The lowest BCUT2D eigenvalue weighted by Crippen LogP contribution is -2.46. The molecular formula is C24H35NSi. The average Bonchev–Trinajstić information content (AvgIpc) is 3.00. The predicted octanol–water partition coefficient (Wildman–Crippen LogP) is 6.14. The lowest BCUT2D eigenvalue weighted by Gasteiger charge is -2.35. The number of rotatable bonds is 2. The molecule has 0 radical (unpaired) electrons. The van der Waals surface area contributed by atoms with Crippen LogP contribution in [0.1, 0.15) is 44.7 Å². The second-order valence-corrected chi connectivity index (χ2v) is 16.4. The lowest BCUT2D eigenvalue weighted by molar-refractivity contribution is 0.421. The summed E-state index contributed by atoms with van der Waals surface area (Å²) in [5, 5.41) is 0. The zero-order valence-corrected chi connectivity index (χ0v) is 18.6. The Morgan fingerprint density at radius 3 is 2.27 bits per heavy atom. The fraction of sp³-hybridized carbons (Fsp3) is 0.583. The van der Waals surface area contributed by atoms with E-state index in [4.69, 9.17) is 0 Å². The summed E-state index contributed by atoms with van der Waals surface area (Å²) < 4.78 is 0. The topological polar surface area (TPSA) is 3.24 Å². The molecule has 1 saturated carbocycles. The van der Waals surface area contributed by atoms with Crippen LogP contribution in [0.3, 0.4) is 0 Å². The van der Waals surface area contributed by atoms with Crippen LogP contribution in [-0.2, 0) is 5.41 Å². The predicted molar refractivity (Wildman–Crippen MR) is 117 cm³/mol. The Balaban J connectivity index is 1.84. The van der Waals surface area contributed by atoms with E-state index >= 15 is 0 Å². The van der Waals surface area contributed by atoms with Gasteiger partial charge in [-0.25, -0.2) is 0 Å². The Labute approximate surface area is 161 Å². The molecule has 0 N–H and O–H groups in total. The van der Waals surface area contributed by atoms with Gasteiger partial charge in [0.2, 0.25) is 0 Å². The fourth-order valence-electron chi connectivity index (χ4n) is 5.59. The van der Waals surface area contributed by atoms with Crippen molar-refractivity contribution in [3.63, 3.8) is 0 Å². The van der Waals surface area contributed by atoms with Gasteiger partial charge < -0.3 is 4.90 Å². The van der Waals surface area contributed by atoms with Gasteiger partial charge in [-0.2, -0.15) is 0 Å². The molecule has 0 amide bonds. The summed E-state index contributed by atoms with van der Waals surface area (Å²) in [6, 6.07) is 8.04. The summed E-state index contributed by atoms with van der Waals surface area (Å²) in [4.78, 5) is 2.82. The van der Waals surface area contributed by atoms with Gasteiger partial charge in [0.15, 0.2) is 0 Å². The van der Waals surface area contributed by atoms with E-state index in [-0.39, 0.29) is 5.41 Å². The third-order valence-electron chi connectivity index (χ3n) is 6.72. The van der Waals surface area contributed by atoms with Gasteiger partial charge in [0, 0.05) is 23.8 Å². The highest BCUT2D eigenvalue weighted by Crippen LogP contribution is 2.58. The molecule has 1 heterocycles. The van der Waals surface area contributed by atoms with Crippen LogP contribution < -0.4 is 4.90 Å². The highest BCUT2D eigenvalue weighted by molar-refractivity contribution is 6.76. The van der Waals surface area contributed by atoms with E-state index in [2.05, 4.69) is 94.7 Å². The number of allylic oxidation sites excluding steroid dienone is 4. The minimum absolute atomic E-state index is 0.211. The van der Waals surface area contributed by atoms with Gasteiger partial charge in [-0.3, -0.25) is 0 Å². The Bertz CT molecular complexity index is 761. The minimum atomic E-state index is -1.19. The van der Waals surface area contributed by atoms with Gasteiger partial charge in [0.05, 0.1) is 8.07 Å². The van der Waals surface area contributed by atoms with Gasteiger partial charge in [0.25, 0.3) is 0 Å². The maximum absolute atomic E-state index is 2.82. The normalized spacial score (nSPS) is 32.6. The highest BCUT2D eigenvalue weighted by atomic mass is 28.3. The van der Waals surface area contributed by atoms with Crippen molar-refractivity contribution in [3.05, 3.63) is 53.6 Å². The van der Waals surface area contributed by atoms with Crippen molar-refractivity contribution in [1.29, 1.82) is 0 Å². The van der Waals surface area contributed by atoms with Gasteiger partial charge in [-0.05, 0) is 40.4 Å². The summed E-state index contributed by atoms with van der Waals surface area (Å²) in [5.41, 5.74) is 4.85. The van der Waals surface area contributed by atoms with Crippen molar-refractivity contribution in [3.8, 4) is 0 Å². The standard InChI is InChI=1S/C24H35NSi/c1-16-18-10-8-9-11-19(18)22-20-14-17(24(2,3)4)12-13-21(20)25(23(16)22)15-26(5,6)7/h8-14,16,18-19,22-23H,15H2,1-7H3. The van der Waals surface area contributed by atoms with Gasteiger partial charge >= 0.3 is 0 Å². The molecule has 1 aromatic rings. The Hall–Kier alpha value is -1.28. The van der Waals surface area contributed by atoms with E-state index in [1.54, 1.807) is 5.56 Å². The van der Waals surface area contributed by atoms with E-state index in [0.29, 0.717) is 29.7 Å². The monoisotopic (exact) mass is 365 g/mol. The Morgan fingerprint density at radius 2 is 1.65 bits per heavy atom. The van der Waals surface area contributed by atoms with Crippen LogP contribution >= 0.6 is 0 Å². The van der Waals surface area contributed by atoms with E-state index in [1.807, 2.05) is 0 Å². The molecule has 5 atom stereocenters. The lowest BCUT2D eigenvalue weighted by atomic mass is 9.79. The third kappa shape index (κ3) is 2.81. The minimum Gasteiger partial charge on any atom is -0.370 e. The molecule has 4 rings (SSSR count). The van der Waals surface area contributed by atoms with E-state index in [1.165, 1.54) is 17.4 Å². The number of nitrogens with zero attached hydrogens (tertiary/aromatic N) is 1. The molecule has 0 spiro atoms. The van der Waals surface area contributed by atoms with Gasteiger partial charge in [-0.15, -0.1) is 0 Å². The first-order valence-electron chi connectivity index (χ1n) is 10.3. The van der Waals surface area contributed by atoms with Crippen molar-refractivity contribution < 1.29 is 0 Å². The molecule has 3 aliphatic rings. The van der Waals surface area contributed by atoms with Crippen LogP contribution in [0.4, 0.5) is 5.69 Å². The summed E-state index contributed by atoms with van der Waals surface area (Å²) in [6.45, 7) is 17.0. The largest absolute Gasteiger partial charge is 0.370 e. The van der Waals surface area contributed by atoms with Crippen LogP contribution in [0.5, 0.6) is 0 Å². The molecule has 5 unspecified atom stereocenters. The van der Waals surface area contributed by atoms with Crippen LogP contribution in [0, 0.1) is 17.8 Å². The van der Waals surface area contributed by atoms with E-state index in [0.717, 1.165) is 0 Å². The molecule has 1 nitrogen and oxygen atoms in total. The summed E-state index contributed by atoms with van der Waals surface area (Å²) >= 11 is 0. The number of anilines is 1. The summed E-state index contributed by atoms with van der Waals surface area (Å²) in [6.07, 6.45) is 10.8. The molecule has 2 heteroatoms. The van der Waals surface area contributed by atoms with Gasteiger partial charge in [0.1, 0.15) is 0 Å². The molecule has 26 heavy (non-hydrogen) atoms. The Kier molecular flexibility index (Phi) is 4.08. The second-order valence-electron chi connectivity index (χ2n) is 11.0.